The minimum absolute atomic E-state index is 0.0992. The van der Waals surface area contributed by atoms with Crippen molar-refractivity contribution < 1.29 is 13.2 Å². The van der Waals surface area contributed by atoms with Crippen molar-refractivity contribution in [1.82, 2.24) is 9.62 Å². The van der Waals surface area contributed by atoms with E-state index in [-0.39, 0.29) is 22.9 Å². The normalized spacial score (nSPS) is 21.8. The topological polar surface area (TPSA) is 78.5 Å². The molecule has 1 aromatic carbocycles. The van der Waals surface area contributed by atoms with E-state index in [2.05, 4.69) is 31.4 Å². The molecule has 0 unspecified atom stereocenters. The van der Waals surface area contributed by atoms with Crippen molar-refractivity contribution in [2.75, 3.05) is 25.0 Å². The lowest BCUT2D eigenvalue weighted by atomic mass is 9.94. The summed E-state index contributed by atoms with van der Waals surface area (Å²) in [6.07, 6.45) is 1.97. The monoisotopic (exact) mass is 395 g/mol. The highest BCUT2D eigenvalue weighted by Gasteiger charge is 2.31. The van der Waals surface area contributed by atoms with Crippen LogP contribution in [0.2, 0.25) is 0 Å². The van der Waals surface area contributed by atoms with Crippen molar-refractivity contribution in [2.24, 2.45) is 11.8 Å². The van der Waals surface area contributed by atoms with Gasteiger partial charge in [0, 0.05) is 24.3 Å². The van der Waals surface area contributed by atoms with E-state index >= 15 is 0 Å². The van der Waals surface area contributed by atoms with Gasteiger partial charge in [-0.1, -0.05) is 20.8 Å². The summed E-state index contributed by atoms with van der Waals surface area (Å²) in [5.74, 6) is 0.578. The van der Waals surface area contributed by atoms with Crippen molar-refractivity contribution in [3.8, 4) is 0 Å². The van der Waals surface area contributed by atoms with Gasteiger partial charge in [0.15, 0.2) is 0 Å². The summed E-state index contributed by atoms with van der Waals surface area (Å²) >= 11 is 0. The molecule has 1 aliphatic heterocycles. The standard InChI is InChI=1S/C20H33N3O3S/c1-6-20(4,5)21-12-19(24)22-17-7-9-18(10-8-17)27(25,26)23-13-15(2)11-16(3)14-23/h7-10,15-16,21H,6,11-14H2,1-5H3,(H,22,24)/t15-,16-/m1/s1. The second kappa shape index (κ2) is 8.71. The van der Waals surface area contributed by atoms with E-state index in [4.69, 9.17) is 0 Å². The van der Waals surface area contributed by atoms with Crippen LogP contribution in [0.4, 0.5) is 5.69 Å². The zero-order valence-corrected chi connectivity index (χ0v) is 17.9. The van der Waals surface area contributed by atoms with Crippen LogP contribution >= 0.6 is 0 Å². The van der Waals surface area contributed by atoms with E-state index in [1.807, 2.05) is 13.8 Å². The maximum Gasteiger partial charge on any atom is 0.243 e. The van der Waals surface area contributed by atoms with Gasteiger partial charge in [-0.25, -0.2) is 8.42 Å². The predicted molar refractivity (Wildman–Crippen MR) is 109 cm³/mol. The lowest BCUT2D eigenvalue weighted by Crippen LogP contribution is -2.43. The molecule has 27 heavy (non-hydrogen) atoms. The van der Waals surface area contributed by atoms with Crippen LogP contribution in [-0.2, 0) is 14.8 Å². The summed E-state index contributed by atoms with van der Waals surface area (Å²) in [5.41, 5.74) is 0.494. The molecule has 2 atom stereocenters. The Morgan fingerprint density at radius 3 is 2.22 bits per heavy atom. The van der Waals surface area contributed by atoms with Gasteiger partial charge in [-0.3, -0.25) is 4.79 Å². The first-order chi connectivity index (χ1) is 12.5. The number of rotatable bonds is 7. The fourth-order valence-electron chi connectivity index (χ4n) is 3.31. The summed E-state index contributed by atoms with van der Waals surface area (Å²) in [7, 11) is -3.50. The van der Waals surface area contributed by atoms with Crippen LogP contribution in [0.3, 0.4) is 0 Å². The molecule has 1 saturated heterocycles. The van der Waals surface area contributed by atoms with E-state index in [1.165, 1.54) is 0 Å². The van der Waals surface area contributed by atoms with Crippen LogP contribution in [0.1, 0.15) is 47.5 Å². The first-order valence-corrected chi connectivity index (χ1v) is 11.1. The zero-order valence-electron chi connectivity index (χ0n) is 17.1. The van der Waals surface area contributed by atoms with Crippen molar-refractivity contribution in [2.45, 2.75) is 57.9 Å². The van der Waals surface area contributed by atoms with E-state index in [9.17, 15) is 13.2 Å². The third-order valence-electron chi connectivity index (χ3n) is 5.22. The number of nitrogens with zero attached hydrogens (tertiary/aromatic N) is 1. The summed E-state index contributed by atoms with van der Waals surface area (Å²) < 4.78 is 27.4. The third kappa shape index (κ3) is 6.02. The highest BCUT2D eigenvalue weighted by atomic mass is 32.2. The fourth-order valence-corrected chi connectivity index (χ4v) is 4.99. The van der Waals surface area contributed by atoms with Gasteiger partial charge in [0.25, 0.3) is 0 Å². The molecular formula is C20H33N3O3S. The Hall–Kier alpha value is -1.44. The minimum atomic E-state index is -3.50. The molecule has 1 amide bonds. The molecule has 6 nitrogen and oxygen atoms in total. The number of carbonyl (C=O) groups excluding carboxylic acids is 1. The number of anilines is 1. The minimum Gasteiger partial charge on any atom is -0.325 e. The summed E-state index contributed by atoms with van der Waals surface area (Å²) in [5, 5.41) is 6.00. The molecular weight excluding hydrogens is 362 g/mol. The van der Waals surface area contributed by atoms with Gasteiger partial charge >= 0.3 is 0 Å². The number of carbonyl (C=O) groups is 1. The molecule has 2 N–H and O–H groups in total. The first-order valence-electron chi connectivity index (χ1n) is 9.68. The lowest BCUT2D eigenvalue weighted by Gasteiger charge is -2.34. The van der Waals surface area contributed by atoms with Gasteiger partial charge in [0.2, 0.25) is 15.9 Å². The molecule has 0 aromatic heterocycles. The molecule has 2 rings (SSSR count). The molecule has 0 saturated carbocycles. The largest absolute Gasteiger partial charge is 0.325 e. The Kier molecular flexibility index (Phi) is 7.05. The number of sulfonamides is 1. The van der Waals surface area contributed by atoms with Crippen molar-refractivity contribution in [3.63, 3.8) is 0 Å². The molecule has 7 heteroatoms. The van der Waals surface area contributed by atoms with Crippen LogP contribution in [0, 0.1) is 11.8 Å². The first kappa shape index (κ1) is 21.9. The number of hydrogen-bond donors (Lipinski definition) is 2. The van der Waals surface area contributed by atoms with Crippen LogP contribution in [0.15, 0.2) is 29.2 Å². The average Bonchev–Trinajstić information content (AvgIpc) is 2.60. The van der Waals surface area contributed by atoms with Crippen LogP contribution in [0.25, 0.3) is 0 Å². The molecule has 1 aliphatic rings. The van der Waals surface area contributed by atoms with Crippen molar-refractivity contribution in [3.05, 3.63) is 24.3 Å². The number of amides is 1. The van der Waals surface area contributed by atoms with Gasteiger partial charge in [0.05, 0.1) is 11.4 Å². The zero-order chi connectivity index (χ0) is 20.2. The van der Waals surface area contributed by atoms with Gasteiger partial charge in [0.1, 0.15) is 0 Å². The maximum absolute atomic E-state index is 12.9. The smallest absolute Gasteiger partial charge is 0.243 e. The maximum atomic E-state index is 12.9. The van der Waals surface area contributed by atoms with E-state index < -0.39 is 10.0 Å². The SMILES string of the molecule is CCC(C)(C)NCC(=O)Nc1ccc(S(=O)(=O)N2C[C@H](C)C[C@@H](C)C2)cc1. The number of benzene rings is 1. The molecule has 0 radical (unpaired) electrons. The van der Waals surface area contributed by atoms with Crippen molar-refractivity contribution in [1.29, 1.82) is 0 Å². The molecule has 1 aromatic rings. The van der Waals surface area contributed by atoms with E-state index in [0.29, 0.717) is 30.6 Å². The van der Waals surface area contributed by atoms with Gasteiger partial charge in [-0.05, 0) is 62.8 Å². The quantitative estimate of drug-likeness (QED) is 0.744. The second-order valence-corrected chi connectivity index (χ2v) is 10.4. The Morgan fingerprint density at radius 2 is 1.70 bits per heavy atom. The summed E-state index contributed by atoms with van der Waals surface area (Å²) in [4.78, 5) is 12.3. The summed E-state index contributed by atoms with van der Waals surface area (Å²) in [6.45, 7) is 11.7. The predicted octanol–water partition coefficient (Wildman–Crippen LogP) is 3.07. The Balaban J connectivity index is 2.01. The summed E-state index contributed by atoms with van der Waals surface area (Å²) in [6, 6.07) is 6.43. The average molecular weight is 396 g/mol. The van der Waals surface area contributed by atoms with Gasteiger partial charge in [-0.2, -0.15) is 4.31 Å². The highest BCUT2D eigenvalue weighted by molar-refractivity contribution is 7.89. The number of piperidine rings is 1. The van der Waals surface area contributed by atoms with Crippen molar-refractivity contribution >= 4 is 21.6 Å². The van der Waals surface area contributed by atoms with Crippen LogP contribution in [0.5, 0.6) is 0 Å². The molecule has 1 heterocycles. The molecule has 152 valence electrons. The van der Waals surface area contributed by atoms with Gasteiger partial charge in [-0.15, -0.1) is 0 Å². The lowest BCUT2D eigenvalue weighted by molar-refractivity contribution is -0.115. The van der Waals surface area contributed by atoms with E-state index in [1.54, 1.807) is 28.6 Å². The molecule has 0 bridgehead atoms. The number of hydrogen-bond acceptors (Lipinski definition) is 4. The number of nitrogens with one attached hydrogen (secondary N) is 2. The Morgan fingerprint density at radius 1 is 1.15 bits per heavy atom. The van der Waals surface area contributed by atoms with Gasteiger partial charge < -0.3 is 10.6 Å². The molecule has 1 fully saturated rings. The highest BCUT2D eigenvalue weighted by Crippen LogP contribution is 2.27. The second-order valence-electron chi connectivity index (χ2n) is 8.43. The van der Waals surface area contributed by atoms with E-state index in [0.717, 1.165) is 12.8 Å². The Bertz CT molecular complexity index is 734. The molecule has 0 aliphatic carbocycles. The van der Waals surface area contributed by atoms with Crippen LogP contribution < -0.4 is 10.6 Å². The fraction of sp³-hybridized carbons (Fsp3) is 0.650. The Labute approximate surface area is 163 Å². The molecule has 0 spiro atoms. The third-order valence-corrected chi connectivity index (χ3v) is 7.07. The van der Waals surface area contributed by atoms with Crippen LogP contribution in [-0.4, -0.2) is 43.8 Å².